The predicted octanol–water partition coefficient (Wildman–Crippen LogP) is 3.84. The number of hydrogen-bond donors (Lipinski definition) is 2. The van der Waals surface area contributed by atoms with Gasteiger partial charge in [-0.3, -0.25) is 9.59 Å². The van der Waals surface area contributed by atoms with E-state index in [9.17, 15) is 14.4 Å². The highest BCUT2D eigenvalue weighted by atomic mass is 32.2. The number of thioether (sulfide) groups is 1. The number of hydrogen-bond acceptors (Lipinski definition) is 7. The van der Waals surface area contributed by atoms with E-state index in [0.29, 0.717) is 5.56 Å². The van der Waals surface area contributed by atoms with Crippen molar-refractivity contribution >= 4 is 56.7 Å². The Bertz CT molecular complexity index is 1130. The smallest absolute Gasteiger partial charge is 0.341 e. The summed E-state index contributed by atoms with van der Waals surface area (Å²) in [7, 11) is 1.49. The van der Waals surface area contributed by atoms with E-state index in [1.807, 2.05) is 42.5 Å². The number of benzene rings is 2. The van der Waals surface area contributed by atoms with Gasteiger partial charge in [0.2, 0.25) is 5.91 Å². The van der Waals surface area contributed by atoms with Gasteiger partial charge in [0.25, 0.3) is 5.91 Å². The summed E-state index contributed by atoms with van der Waals surface area (Å²) >= 11 is 2.35. The van der Waals surface area contributed by atoms with Crippen LogP contribution < -0.4 is 11.1 Å². The molecule has 2 amide bonds. The third-order valence-corrected chi connectivity index (χ3v) is 6.65. The number of fused-ring (bicyclic) bond motifs is 1. The van der Waals surface area contributed by atoms with E-state index in [1.165, 1.54) is 18.9 Å². The molecule has 0 radical (unpaired) electrons. The van der Waals surface area contributed by atoms with Gasteiger partial charge >= 0.3 is 5.97 Å². The molecule has 0 aliphatic heterocycles. The molecule has 0 saturated carbocycles. The molecular formula is C22H22N2O5S2. The van der Waals surface area contributed by atoms with Crippen molar-refractivity contribution in [3.05, 3.63) is 58.5 Å². The molecule has 3 rings (SSSR count). The van der Waals surface area contributed by atoms with Crippen LogP contribution in [0.15, 0.2) is 47.4 Å². The molecule has 2 aromatic carbocycles. The van der Waals surface area contributed by atoms with Crippen LogP contribution in [-0.4, -0.2) is 43.9 Å². The summed E-state index contributed by atoms with van der Waals surface area (Å²) in [5, 5.41) is 5.19. The monoisotopic (exact) mass is 458 g/mol. The predicted molar refractivity (Wildman–Crippen MR) is 123 cm³/mol. The Morgan fingerprint density at radius 2 is 1.84 bits per heavy atom. The normalized spacial score (nSPS) is 10.8. The lowest BCUT2D eigenvalue weighted by molar-refractivity contribution is -0.113. The highest BCUT2D eigenvalue weighted by molar-refractivity contribution is 8.00. The number of ether oxygens (including phenoxy) is 2. The zero-order chi connectivity index (χ0) is 22.4. The lowest BCUT2D eigenvalue weighted by Gasteiger charge is -2.08. The SMILES string of the molecule is COCCOC(=O)c1c(NC(=O)CSc2ccc3ccccc3c2)sc(C(N)=O)c1C. The first-order valence-electron chi connectivity index (χ1n) is 9.41. The molecule has 31 heavy (non-hydrogen) atoms. The summed E-state index contributed by atoms with van der Waals surface area (Å²) < 4.78 is 10.0. The molecule has 0 aliphatic carbocycles. The maximum Gasteiger partial charge on any atom is 0.341 e. The molecule has 0 fully saturated rings. The summed E-state index contributed by atoms with van der Waals surface area (Å²) in [6.07, 6.45) is 0. The number of methoxy groups -OCH3 is 1. The number of esters is 1. The number of carbonyl (C=O) groups excluding carboxylic acids is 3. The topological polar surface area (TPSA) is 108 Å². The maximum absolute atomic E-state index is 12.6. The van der Waals surface area contributed by atoms with Crippen LogP contribution in [0.4, 0.5) is 5.00 Å². The van der Waals surface area contributed by atoms with Gasteiger partial charge in [0, 0.05) is 12.0 Å². The van der Waals surface area contributed by atoms with Crippen LogP contribution in [0.2, 0.25) is 0 Å². The van der Waals surface area contributed by atoms with Gasteiger partial charge in [-0.1, -0.05) is 30.3 Å². The van der Waals surface area contributed by atoms with E-state index in [4.69, 9.17) is 15.2 Å². The Hall–Kier alpha value is -2.88. The molecular weight excluding hydrogens is 436 g/mol. The van der Waals surface area contributed by atoms with Gasteiger partial charge in [-0.2, -0.15) is 0 Å². The number of carbonyl (C=O) groups is 3. The molecule has 1 aromatic heterocycles. The summed E-state index contributed by atoms with van der Waals surface area (Å²) in [4.78, 5) is 37.9. The Morgan fingerprint density at radius 1 is 1.10 bits per heavy atom. The third kappa shape index (κ3) is 5.63. The van der Waals surface area contributed by atoms with Crippen LogP contribution in [-0.2, 0) is 14.3 Å². The number of anilines is 1. The van der Waals surface area contributed by atoms with E-state index < -0.39 is 11.9 Å². The Balaban J connectivity index is 1.72. The maximum atomic E-state index is 12.6. The second-order valence-electron chi connectivity index (χ2n) is 6.60. The number of amides is 2. The van der Waals surface area contributed by atoms with E-state index in [0.717, 1.165) is 27.0 Å². The molecule has 0 bridgehead atoms. The second-order valence-corrected chi connectivity index (χ2v) is 8.67. The summed E-state index contributed by atoms with van der Waals surface area (Å²) in [6, 6.07) is 14.0. The zero-order valence-corrected chi connectivity index (χ0v) is 18.7. The second kappa shape index (κ2) is 10.4. The summed E-state index contributed by atoms with van der Waals surface area (Å²) in [5.74, 6) is -1.48. The molecule has 3 N–H and O–H groups in total. The van der Waals surface area contributed by atoms with E-state index in [1.54, 1.807) is 6.92 Å². The lowest BCUT2D eigenvalue weighted by atomic mass is 10.1. The van der Waals surface area contributed by atoms with Crippen molar-refractivity contribution in [2.24, 2.45) is 5.73 Å². The Kier molecular flexibility index (Phi) is 7.67. The van der Waals surface area contributed by atoms with Crippen molar-refractivity contribution in [1.29, 1.82) is 0 Å². The zero-order valence-electron chi connectivity index (χ0n) is 17.1. The first kappa shape index (κ1) is 22.8. The average Bonchev–Trinajstić information content (AvgIpc) is 3.08. The highest BCUT2D eigenvalue weighted by Gasteiger charge is 2.25. The minimum atomic E-state index is -0.667. The number of thiophene rings is 1. The number of nitrogens with one attached hydrogen (secondary N) is 1. The quantitative estimate of drug-likeness (QED) is 0.287. The molecule has 0 aliphatic rings. The first-order chi connectivity index (χ1) is 14.9. The summed E-state index contributed by atoms with van der Waals surface area (Å²) in [6.45, 7) is 1.90. The largest absolute Gasteiger partial charge is 0.460 e. The fourth-order valence-electron chi connectivity index (χ4n) is 2.94. The van der Waals surface area contributed by atoms with Gasteiger partial charge in [0.05, 0.1) is 22.8 Å². The number of nitrogens with two attached hydrogens (primary N) is 1. The minimum Gasteiger partial charge on any atom is -0.460 e. The van der Waals surface area contributed by atoms with Gasteiger partial charge in [-0.15, -0.1) is 23.1 Å². The van der Waals surface area contributed by atoms with Crippen LogP contribution in [0.5, 0.6) is 0 Å². The standard InChI is InChI=1S/C22H22N2O5S2/c1-13-18(22(27)29-10-9-28-2)21(31-19(13)20(23)26)24-17(25)12-30-16-8-7-14-5-3-4-6-15(14)11-16/h3-8,11H,9-10,12H2,1-2H3,(H2,23,26)(H,24,25). The van der Waals surface area contributed by atoms with Crippen molar-refractivity contribution in [2.75, 3.05) is 31.4 Å². The lowest BCUT2D eigenvalue weighted by Crippen LogP contribution is -2.17. The molecule has 0 spiro atoms. The van der Waals surface area contributed by atoms with Gasteiger partial charge in [0.1, 0.15) is 11.6 Å². The van der Waals surface area contributed by atoms with E-state index in [-0.39, 0.29) is 40.3 Å². The van der Waals surface area contributed by atoms with Crippen molar-refractivity contribution < 1.29 is 23.9 Å². The Morgan fingerprint density at radius 3 is 2.55 bits per heavy atom. The third-order valence-electron chi connectivity index (χ3n) is 4.44. The number of rotatable bonds is 9. The van der Waals surface area contributed by atoms with Crippen molar-refractivity contribution in [1.82, 2.24) is 0 Å². The first-order valence-corrected chi connectivity index (χ1v) is 11.2. The van der Waals surface area contributed by atoms with Crippen molar-refractivity contribution in [3.63, 3.8) is 0 Å². The van der Waals surface area contributed by atoms with Crippen molar-refractivity contribution in [2.45, 2.75) is 11.8 Å². The highest BCUT2D eigenvalue weighted by Crippen LogP contribution is 2.34. The molecule has 9 heteroatoms. The van der Waals surface area contributed by atoms with Crippen LogP contribution in [0.25, 0.3) is 10.8 Å². The summed E-state index contributed by atoms with van der Waals surface area (Å²) in [5.41, 5.74) is 5.94. The van der Waals surface area contributed by atoms with Gasteiger partial charge in [0.15, 0.2) is 0 Å². The van der Waals surface area contributed by atoms with Gasteiger partial charge in [-0.05, 0) is 35.4 Å². The van der Waals surface area contributed by atoms with E-state index >= 15 is 0 Å². The van der Waals surface area contributed by atoms with Crippen LogP contribution in [0.3, 0.4) is 0 Å². The molecule has 0 atom stereocenters. The molecule has 0 saturated heterocycles. The molecule has 162 valence electrons. The fourth-order valence-corrected chi connectivity index (χ4v) is 4.75. The molecule has 3 aromatic rings. The van der Waals surface area contributed by atoms with Gasteiger partial charge < -0.3 is 20.5 Å². The van der Waals surface area contributed by atoms with Crippen LogP contribution in [0.1, 0.15) is 25.6 Å². The molecule has 0 unspecified atom stereocenters. The minimum absolute atomic E-state index is 0.0573. The van der Waals surface area contributed by atoms with Crippen LogP contribution in [0, 0.1) is 6.92 Å². The van der Waals surface area contributed by atoms with Gasteiger partial charge in [-0.25, -0.2) is 4.79 Å². The molecule has 1 heterocycles. The van der Waals surface area contributed by atoms with Crippen molar-refractivity contribution in [3.8, 4) is 0 Å². The van der Waals surface area contributed by atoms with E-state index in [2.05, 4.69) is 5.32 Å². The number of primary amides is 1. The molecule has 7 nitrogen and oxygen atoms in total. The van der Waals surface area contributed by atoms with Crippen LogP contribution >= 0.6 is 23.1 Å². The fraction of sp³-hybridized carbons (Fsp3) is 0.227. The average molecular weight is 459 g/mol. The Labute approximate surface area is 187 Å².